The highest BCUT2D eigenvalue weighted by Gasteiger charge is 2.26. The van der Waals surface area contributed by atoms with Gasteiger partial charge in [0.25, 0.3) is 0 Å². The second-order valence-corrected chi connectivity index (χ2v) is 5.46. The number of likely N-dealkylation sites (tertiary alicyclic amines) is 1. The minimum atomic E-state index is 0.527. The molecule has 3 heteroatoms. The Morgan fingerprint density at radius 2 is 2.06 bits per heavy atom. The van der Waals surface area contributed by atoms with Gasteiger partial charge in [0, 0.05) is 24.2 Å². The zero-order valence-electron chi connectivity index (χ0n) is 10.4. The molecule has 0 aromatic heterocycles. The lowest BCUT2D eigenvalue weighted by Crippen LogP contribution is -2.47. The lowest BCUT2D eigenvalue weighted by molar-refractivity contribution is 0.0991. The molecule has 1 aliphatic rings. The van der Waals surface area contributed by atoms with Crippen LogP contribution in [0, 0.1) is 5.92 Å². The van der Waals surface area contributed by atoms with Crippen molar-refractivity contribution in [1.29, 1.82) is 0 Å². The molecule has 1 aromatic carbocycles. The summed E-state index contributed by atoms with van der Waals surface area (Å²) in [5.74, 6) is 0.709. The summed E-state index contributed by atoms with van der Waals surface area (Å²) in [6.45, 7) is 5.22. The molecule has 2 N–H and O–H groups in total. The van der Waals surface area contributed by atoms with Crippen LogP contribution in [0.25, 0.3) is 0 Å². The molecule has 0 spiro atoms. The predicted molar refractivity (Wildman–Crippen MR) is 73.1 cm³/mol. The van der Waals surface area contributed by atoms with Crippen molar-refractivity contribution in [3.8, 4) is 0 Å². The third-order valence-electron chi connectivity index (χ3n) is 3.77. The first-order chi connectivity index (χ1) is 8.20. The minimum Gasteiger partial charge on any atom is -0.329 e. The van der Waals surface area contributed by atoms with Gasteiger partial charge in [0.1, 0.15) is 0 Å². The van der Waals surface area contributed by atoms with Crippen molar-refractivity contribution in [3.63, 3.8) is 0 Å². The lowest BCUT2D eigenvalue weighted by atomic mass is 9.90. The number of nitrogens with two attached hydrogens (primary N) is 1. The largest absolute Gasteiger partial charge is 0.329 e. The monoisotopic (exact) mass is 252 g/mol. The van der Waals surface area contributed by atoms with E-state index < -0.39 is 0 Å². The number of piperidine rings is 1. The second-order valence-electron chi connectivity index (χ2n) is 5.02. The Kier molecular flexibility index (Phi) is 4.43. The molecule has 94 valence electrons. The number of halogens is 1. The molecule has 0 aliphatic carbocycles. The molecule has 1 fully saturated rings. The van der Waals surface area contributed by atoms with Gasteiger partial charge in [0.15, 0.2) is 0 Å². The molecule has 0 saturated carbocycles. The Bertz CT molecular complexity index is 350. The Morgan fingerprint density at radius 3 is 2.71 bits per heavy atom. The molecule has 0 bridgehead atoms. The highest BCUT2D eigenvalue weighted by molar-refractivity contribution is 6.30. The quantitative estimate of drug-likeness (QED) is 0.896. The second kappa shape index (κ2) is 5.85. The van der Waals surface area contributed by atoms with Gasteiger partial charge in [-0.05, 0) is 43.0 Å². The molecule has 2 atom stereocenters. The van der Waals surface area contributed by atoms with Crippen molar-refractivity contribution in [1.82, 2.24) is 4.90 Å². The number of nitrogens with zero attached hydrogens (tertiary/aromatic N) is 1. The third-order valence-corrected chi connectivity index (χ3v) is 4.02. The molecule has 2 unspecified atom stereocenters. The van der Waals surface area contributed by atoms with Gasteiger partial charge in [-0.2, -0.15) is 0 Å². The SMILES string of the molecule is CC1CCCN(Cc2ccc(Cl)cc2)C1CN. The van der Waals surface area contributed by atoms with Crippen LogP contribution < -0.4 is 5.73 Å². The first-order valence-corrected chi connectivity index (χ1v) is 6.77. The third kappa shape index (κ3) is 3.21. The highest BCUT2D eigenvalue weighted by atomic mass is 35.5. The summed E-state index contributed by atoms with van der Waals surface area (Å²) in [4.78, 5) is 2.51. The number of hydrogen-bond donors (Lipinski definition) is 1. The van der Waals surface area contributed by atoms with Gasteiger partial charge in [-0.25, -0.2) is 0 Å². The fourth-order valence-electron chi connectivity index (χ4n) is 2.74. The first-order valence-electron chi connectivity index (χ1n) is 6.39. The maximum Gasteiger partial charge on any atom is 0.0406 e. The summed E-state index contributed by atoms with van der Waals surface area (Å²) in [6.07, 6.45) is 2.59. The summed E-state index contributed by atoms with van der Waals surface area (Å²) < 4.78 is 0. The van der Waals surface area contributed by atoms with Gasteiger partial charge in [-0.1, -0.05) is 30.7 Å². The molecule has 2 nitrogen and oxygen atoms in total. The summed E-state index contributed by atoms with van der Waals surface area (Å²) in [6, 6.07) is 8.66. The summed E-state index contributed by atoms with van der Waals surface area (Å²) >= 11 is 5.90. The fraction of sp³-hybridized carbons (Fsp3) is 0.571. The lowest BCUT2D eigenvalue weighted by Gasteiger charge is -2.39. The fourth-order valence-corrected chi connectivity index (χ4v) is 2.86. The van der Waals surface area contributed by atoms with Crippen molar-refractivity contribution in [3.05, 3.63) is 34.9 Å². The minimum absolute atomic E-state index is 0.527. The zero-order valence-corrected chi connectivity index (χ0v) is 11.2. The van der Waals surface area contributed by atoms with Crippen LogP contribution in [0.15, 0.2) is 24.3 Å². The van der Waals surface area contributed by atoms with Crippen molar-refractivity contribution in [2.24, 2.45) is 11.7 Å². The zero-order chi connectivity index (χ0) is 12.3. The topological polar surface area (TPSA) is 29.3 Å². The van der Waals surface area contributed by atoms with Crippen LogP contribution in [0.1, 0.15) is 25.3 Å². The van der Waals surface area contributed by atoms with E-state index in [1.54, 1.807) is 0 Å². The van der Waals surface area contributed by atoms with E-state index >= 15 is 0 Å². The average molecular weight is 253 g/mol. The Hall–Kier alpha value is -0.570. The predicted octanol–water partition coefficient (Wildman–Crippen LogP) is 2.90. The van der Waals surface area contributed by atoms with Gasteiger partial charge in [-0.15, -0.1) is 0 Å². The smallest absolute Gasteiger partial charge is 0.0406 e. The molecule has 1 aliphatic heterocycles. The van der Waals surface area contributed by atoms with E-state index in [1.165, 1.54) is 18.4 Å². The highest BCUT2D eigenvalue weighted by Crippen LogP contribution is 2.24. The number of rotatable bonds is 3. The maximum absolute atomic E-state index is 5.90. The van der Waals surface area contributed by atoms with Crippen molar-refractivity contribution in [2.75, 3.05) is 13.1 Å². The molecular weight excluding hydrogens is 232 g/mol. The van der Waals surface area contributed by atoms with E-state index in [-0.39, 0.29) is 0 Å². The summed E-state index contributed by atoms with van der Waals surface area (Å²) in [7, 11) is 0. The normalized spacial score (nSPS) is 26.1. The number of benzene rings is 1. The van der Waals surface area contributed by atoms with Crippen LogP contribution in [0.2, 0.25) is 5.02 Å². The molecule has 0 radical (unpaired) electrons. The molecule has 1 saturated heterocycles. The molecular formula is C14H21ClN2. The summed E-state index contributed by atoms with van der Waals surface area (Å²) in [5.41, 5.74) is 7.22. The van der Waals surface area contributed by atoms with E-state index in [0.29, 0.717) is 12.0 Å². The Labute approximate surface area is 109 Å². The van der Waals surface area contributed by atoms with Crippen LogP contribution >= 0.6 is 11.6 Å². The molecule has 0 amide bonds. The van der Waals surface area contributed by atoms with Crippen molar-refractivity contribution >= 4 is 11.6 Å². The van der Waals surface area contributed by atoms with Crippen molar-refractivity contribution < 1.29 is 0 Å². The van der Waals surface area contributed by atoms with Crippen LogP contribution in [-0.2, 0) is 6.54 Å². The molecule has 1 aromatic rings. The summed E-state index contributed by atoms with van der Waals surface area (Å²) in [5, 5.41) is 0.802. The van der Waals surface area contributed by atoms with Gasteiger partial charge in [-0.3, -0.25) is 4.90 Å². The van der Waals surface area contributed by atoms with Gasteiger partial charge in [0.2, 0.25) is 0 Å². The van der Waals surface area contributed by atoms with E-state index in [9.17, 15) is 0 Å². The van der Waals surface area contributed by atoms with Crippen LogP contribution in [0.4, 0.5) is 0 Å². The van der Waals surface area contributed by atoms with Crippen LogP contribution in [-0.4, -0.2) is 24.0 Å². The molecule has 17 heavy (non-hydrogen) atoms. The number of hydrogen-bond acceptors (Lipinski definition) is 2. The van der Waals surface area contributed by atoms with Crippen LogP contribution in [0.3, 0.4) is 0 Å². The molecule has 2 rings (SSSR count). The maximum atomic E-state index is 5.90. The van der Waals surface area contributed by atoms with E-state index in [4.69, 9.17) is 17.3 Å². The van der Waals surface area contributed by atoms with Crippen molar-refractivity contribution in [2.45, 2.75) is 32.4 Å². The first kappa shape index (κ1) is 12.9. The van der Waals surface area contributed by atoms with Gasteiger partial charge in [0.05, 0.1) is 0 Å². The molecule has 1 heterocycles. The standard InChI is InChI=1S/C14H21ClN2/c1-11-3-2-8-17(14(11)9-16)10-12-4-6-13(15)7-5-12/h4-7,11,14H,2-3,8-10,16H2,1H3. The van der Waals surface area contributed by atoms with E-state index in [1.807, 2.05) is 12.1 Å². The van der Waals surface area contributed by atoms with Gasteiger partial charge >= 0.3 is 0 Å². The van der Waals surface area contributed by atoms with Crippen LogP contribution in [0.5, 0.6) is 0 Å². The van der Waals surface area contributed by atoms with Gasteiger partial charge < -0.3 is 5.73 Å². The average Bonchev–Trinajstić information content (AvgIpc) is 2.32. The van der Waals surface area contributed by atoms with E-state index in [0.717, 1.165) is 24.7 Å². The Morgan fingerprint density at radius 1 is 1.35 bits per heavy atom. The van der Waals surface area contributed by atoms with E-state index in [2.05, 4.69) is 24.0 Å². The Balaban J connectivity index is 2.03.